The number of aliphatic hydroxyl groups is 1. The molecule has 0 bridgehead atoms. The first kappa shape index (κ1) is 34.2. The molecule has 3 N–H and O–H groups in total. The Morgan fingerprint density at radius 2 is 1.59 bits per heavy atom. The van der Waals surface area contributed by atoms with Crippen molar-refractivity contribution < 1.29 is 24.2 Å². The summed E-state index contributed by atoms with van der Waals surface area (Å²) in [6, 6.07) is 6.63. The Kier molecular flexibility index (Phi) is 12.9. The van der Waals surface area contributed by atoms with Crippen LogP contribution in [0.25, 0.3) is 0 Å². The van der Waals surface area contributed by atoms with Crippen LogP contribution in [0.15, 0.2) is 24.3 Å². The highest BCUT2D eigenvalue weighted by Crippen LogP contribution is 2.37. The van der Waals surface area contributed by atoms with Crippen molar-refractivity contribution in [1.29, 1.82) is 0 Å². The summed E-state index contributed by atoms with van der Waals surface area (Å²) in [5.41, 5.74) is -0.957. The molecule has 3 aliphatic rings. The van der Waals surface area contributed by atoms with E-state index in [1.54, 1.807) is 19.2 Å². The van der Waals surface area contributed by atoms with Gasteiger partial charge in [-0.3, -0.25) is 14.4 Å². The maximum absolute atomic E-state index is 13.8. The SMILES string of the molecule is CCCCN1C(=O)[C@@H](CC2(O)CCCCC2)NC(=O)C12CCN(CCCCCCCCOc1ccc(C(=O)NC)cc1)CC2. The minimum Gasteiger partial charge on any atom is -0.494 e. The molecule has 1 aromatic carbocycles. The number of nitrogens with one attached hydrogen (secondary N) is 2. The summed E-state index contributed by atoms with van der Waals surface area (Å²) in [5, 5.41) is 16.8. The maximum atomic E-state index is 13.8. The molecular formula is C35H56N4O5. The van der Waals surface area contributed by atoms with Crippen molar-refractivity contribution in [2.45, 2.75) is 127 Å². The number of likely N-dealkylation sites (tertiary alicyclic amines) is 1. The Labute approximate surface area is 264 Å². The molecule has 246 valence electrons. The molecule has 9 nitrogen and oxygen atoms in total. The molecule has 1 spiro atoms. The van der Waals surface area contributed by atoms with Crippen LogP contribution in [0.2, 0.25) is 0 Å². The maximum Gasteiger partial charge on any atom is 0.251 e. The molecule has 1 aliphatic carbocycles. The molecule has 0 radical (unpaired) electrons. The number of piperidine rings is 1. The molecule has 1 atom stereocenters. The first-order valence-corrected chi connectivity index (χ1v) is 17.3. The standard InChI is InChI=1S/C35H56N4O5/c1-3-4-23-39-32(41)30(27-34(43)18-10-9-11-19-34)37-33(42)35(39)20-24-38(25-21-35)22-12-7-5-6-8-13-26-44-29-16-14-28(15-17-29)31(40)36-2/h14-17,30,43H,3-13,18-27H2,1-2H3,(H,36,40)(H,37,42)/t30-/m1/s1. The van der Waals surface area contributed by atoms with Crippen LogP contribution in [0.5, 0.6) is 5.75 Å². The smallest absolute Gasteiger partial charge is 0.251 e. The van der Waals surface area contributed by atoms with Crippen molar-refractivity contribution in [1.82, 2.24) is 20.4 Å². The fraction of sp³-hybridized carbons (Fsp3) is 0.743. The van der Waals surface area contributed by atoms with Crippen molar-refractivity contribution in [3.63, 3.8) is 0 Å². The van der Waals surface area contributed by atoms with Gasteiger partial charge in [0.15, 0.2) is 0 Å². The highest BCUT2D eigenvalue weighted by Gasteiger charge is 2.54. The third-order valence-electron chi connectivity index (χ3n) is 10.1. The number of carbonyl (C=O) groups is 3. The number of nitrogens with zero attached hydrogens (tertiary/aromatic N) is 2. The molecule has 1 aromatic rings. The van der Waals surface area contributed by atoms with Crippen molar-refractivity contribution in [2.75, 3.05) is 39.8 Å². The van der Waals surface area contributed by atoms with Crippen LogP contribution in [-0.4, -0.2) is 89.6 Å². The average molecular weight is 613 g/mol. The van der Waals surface area contributed by atoms with Crippen molar-refractivity contribution in [3.05, 3.63) is 29.8 Å². The second kappa shape index (κ2) is 16.6. The number of amides is 3. The van der Waals surface area contributed by atoms with Crippen LogP contribution < -0.4 is 15.4 Å². The Morgan fingerprint density at radius 3 is 2.25 bits per heavy atom. The first-order chi connectivity index (χ1) is 21.3. The average Bonchev–Trinajstić information content (AvgIpc) is 3.03. The summed E-state index contributed by atoms with van der Waals surface area (Å²) >= 11 is 0. The zero-order valence-corrected chi connectivity index (χ0v) is 27.2. The van der Waals surface area contributed by atoms with Gasteiger partial charge in [0.2, 0.25) is 11.8 Å². The van der Waals surface area contributed by atoms with E-state index in [4.69, 9.17) is 4.74 Å². The second-order valence-corrected chi connectivity index (χ2v) is 13.3. The zero-order chi connectivity index (χ0) is 31.4. The molecule has 0 aromatic heterocycles. The lowest BCUT2D eigenvalue weighted by atomic mass is 9.77. The van der Waals surface area contributed by atoms with Crippen LogP contribution >= 0.6 is 0 Å². The lowest BCUT2D eigenvalue weighted by Crippen LogP contribution is -2.73. The molecule has 2 saturated heterocycles. The summed E-state index contributed by atoms with van der Waals surface area (Å²) < 4.78 is 5.81. The number of unbranched alkanes of at least 4 members (excludes halogenated alkanes) is 6. The molecule has 0 unspecified atom stereocenters. The van der Waals surface area contributed by atoms with Gasteiger partial charge in [0.1, 0.15) is 17.3 Å². The largest absolute Gasteiger partial charge is 0.494 e. The van der Waals surface area contributed by atoms with Gasteiger partial charge in [-0.15, -0.1) is 0 Å². The van der Waals surface area contributed by atoms with E-state index in [1.165, 1.54) is 19.3 Å². The van der Waals surface area contributed by atoms with Crippen molar-refractivity contribution in [2.24, 2.45) is 0 Å². The topological polar surface area (TPSA) is 111 Å². The summed E-state index contributed by atoms with van der Waals surface area (Å²) in [7, 11) is 1.62. The van der Waals surface area contributed by atoms with E-state index in [2.05, 4.69) is 22.5 Å². The Morgan fingerprint density at radius 1 is 0.932 bits per heavy atom. The molecule has 3 amide bonds. The number of benzene rings is 1. The van der Waals surface area contributed by atoms with E-state index < -0.39 is 17.2 Å². The zero-order valence-electron chi connectivity index (χ0n) is 27.2. The van der Waals surface area contributed by atoms with Crippen LogP contribution in [0.4, 0.5) is 0 Å². The van der Waals surface area contributed by atoms with E-state index in [1.807, 2.05) is 17.0 Å². The summed E-state index contributed by atoms with van der Waals surface area (Å²) in [5.74, 6) is 0.696. The van der Waals surface area contributed by atoms with Gasteiger partial charge in [-0.25, -0.2) is 0 Å². The van der Waals surface area contributed by atoms with Crippen LogP contribution in [0.1, 0.15) is 120 Å². The number of hydrogen-bond donors (Lipinski definition) is 3. The number of ether oxygens (including phenoxy) is 1. The van der Waals surface area contributed by atoms with Gasteiger partial charge in [-0.05, 0) is 75.8 Å². The predicted octanol–water partition coefficient (Wildman–Crippen LogP) is 4.81. The number of rotatable bonds is 16. The van der Waals surface area contributed by atoms with Gasteiger partial charge in [-0.2, -0.15) is 0 Å². The van der Waals surface area contributed by atoms with E-state index in [9.17, 15) is 19.5 Å². The van der Waals surface area contributed by atoms with E-state index in [0.29, 0.717) is 50.8 Å². The van der Waals surface area contributed by atoms with Gasteiger partial charge in [-0.1, -0.05) is 58.3 Å². The monoisotopic (exact) mass is 612 g/mol. The number of hydrogen-bond acceptors (Lipinski definition) is 6. The highest BCUT2D eigenvalue weighted by atomic mass is 16.5. The molecule has 4 rings (SSSR count). The van der Waals surface area contributed by atoms with Crippen LogP contribution in [-0.2, 0) is 9.59 Å². The Bertz CT molecular complexity index is 1060. The van der Waals surface area contributed by atoms with Crippen molar-refractivity contribution >= 4 is 17.7 Å². The fourth-order valence-corrected chi connectivity index (χ4v) is 7.27. The summed E-state index contributed by atoms with van der Waals surface area (Å²) in [4.78, 5) is 43.4. The van der Waals surface area contributed by atoms with Gasteiger partial charge >= 0.3 is 0 Å². The van der Waals surface area contributed by atoms with Gasteiger partial charge in [0.05, 0.1) is 12.2 Å². The van der Waals surface area contributed by atoms with Crippen molar-refractivity contribution in [3.8, 4) is 5.75 Å². The lowest BCUT2D eigenvalue weighted by Gasteiger charge is -2.52. The summed E-state index contributed by atoms with van der Waals surface area (Å²) in [6.07, 6.45) is 15.0. The third-order valence-corrected chi connectivity index (χ3v) is 10.1. The van der Waals surface area contributed by atoms with Crippen LogP contribution in [0, 0.1) is 0 Å². The highest BCUT2D eigenvalue weighted by molar-refractivity contribution is 6.00. The van der Waals surface area contributed by atoms with E-state index in [-0.39, 0.29) is 17.7 Å². The normalized spacial score (nSPS) is 21.7. The predicted molar refractivity (Wildman–Crippen MR) is 173 cm³/mol. The Balaban J connectivity index is 1.13. The lowest BCUT2D eigenvalue weighted by molar-refractivity contribution is -0.163. The molecule has 2 heterocycles. The molecule has 44 heavy (non-hydrogen) atoms. The Hall–Kier alpha value is -2.65. The van der Waals surface area contributed by atoms with Gasteiger partial charge < -0.3 is 30.3 Å². The minimum atomic E-state index is -0.841. The molecule has 1 saturated carbocycles. The molecule has 9 heteroatoms. The molecule has 2 aliphatic heterocycles. The molecular weight excluding hydrogens is 556 g/mol. The summed E-state index contributed by atoms with van der Waals surface area (Å²) in [6.45, 7) is 6.12. The molecule has 3 fully saturated rings. The number of piperazine rings is 1. The number of carbonyl (C=O) groups excluding carboxylic acids is 3. The van der Waals surface area contributed by atoms with Gasteiger partial charge in [0, 0.05) is 38.7 Å². The quantitative estimate of drug-likeness (QED) is 0.231. The second-order valence-electron chi connectivity index (χ2n) is 13.3. The van der Waals surface area contributed by atoms with Crippen LogP contribution in [0.3, 0.4) is 0 Å². The third kappa shape index (κ3) is 8.96. The van der Waals surface area contributed by atoms with E-state index >= 15 is 0 Å². The first-order valence-electron chi connectivity index (χ1n) is 17.3. The minimum absolute atomic E-state index is 0.00909. The van der Waals surface area contributed by atoms with E-state index in [0.717, 1.165) is 76.8 Å². The van der Waals surface area contributed by atoms with Gasteiger partial charge in [0.25, 0.3) is 5.91 Å². The fourth-order valence-electron chi connectivity index (χ4n) is 7.27.